The third-order valence-electron chi connectivity index (χ3n) is 4.37. The molecular formula is C14H23F3N2O2S. The number of hydrogen-bond donors (Lipinski definition) is 0. The predicted molar refractivity (Wildman–Crippen MR) is 79.0 cm³/mol. The van der Waals surface area contributed by atoms with Gasteiger partial charge in [0, 0.05) is 25.2 Å². The average molecular weight is 340 g/mol. The molecule has 0 unspecified atom stereocenters. The van der Waals surface area contributed by atoms with Gasteiger partial charge in [0.2, 0.25) is 10.0 Å². The molecule has 2 aliphatic rings. The number of halogens is 3. The van der Waals surface area contributed by atoms with E-state index in [1.54, 1.807) is 0 Å². The fourth-order valence-corrected chi connectivity index (χ4v) is 4.43. The highest BCUT2D eigenvalue weighted by Crippen LogP contribution is 2.27. The second-order valence-corrected chi connectivity index (χ2v) is 8.05. The van der Waals surface area contributed by atoms with Crippen LogP contribution in [-0.4, -0.2) is 61.8 Å². The van der Waals surface area contributed by atoms with Crippen molar-refractivity contribution in [2.45, 2.75) is 50.4 Å². The van der Waals surface area contributed by atoms with Gasteiger partial charge in [0.25, 0.3) is 0 Å². The van der Waals surface area contributed by atoms with Crippen molar-refractivity contribution in [2.24, 2.45) is 0 Å². The maximum atomic E-state index is 12.6. The van der Waals surface area contributed by atoms with E-state index in [-0.39, 0.29) is 0 Å². The lowest BCUT2D eigenvalue weighted by Gasteiger charge is -2.40. The molecule has 0 N–H and O–H groups in total. The molecule has 1 heterocycles. The summed E-state index contributed by atoms with van der Waals surface area (Å²) in [7, 11) is -3.86. The molecule has 0 aromatic heterocycles. The quantitative estimate of drug-likeness (QED) is 0.738. The number of alkyl halides is 3. The summed E-state index contributed by atoms with van der Waals surface area (Å²) in [5.74, 6) is 0. The minimum Gasteiger partial charge on any atom is -0.297 e. The highest BCUT2D eigenvalue weighted by molar-refractivity contribution is 7.88. The van der Waals surface area contributed by atoms with Gasteiger partial charge in [-0.05, 0) is 32.1 Å². The second kappa shape index (κ2) is 6.88. The molecule has 1 fully saturated rings. The number of rotatable bonds is 4. The smallest absolute Gasteiger partial charge is 0.297 e. The van der Waals surface area contributed by atoms with E-state index in [1.165, 1.54) is 0 Å². The molecule has 0 amide bonds. The van der Waals surface area contributed by atoms with Crippen LogP contribution in [0.4, 0.5) is 13.2 Å². The summed E-state index contributed by atoms with van der Waals surface area (Å²) in [4.78, 5) is 2.25. The zero-order chi connectivity index (χ0) is 16.4. The molecule has 0 spiro atoms. The number of nitrogens with zero attached hydrogens (tertiary/aromatic N) is 2. The first-order valence-corrected chi connectivity index (χ1v) is 9.46. The van der Waals surface area contributed by atoms with E-state index in [4.69, 9.17) is 0 Å². The molecule has 128 valence electrons. The SMILES string of the molecule is CS(=O)(=O)N(CC(F)(F)F)C1CCN([C@@H]2C=CCCC2)CC1. The summed E-state index contributed by atoms with van der Waals surface area (Å²) in [6, 6.07) is -0.204. The molecule has 22 heavy (non-hydrogen) atoms. The van der Waals surface area contributed by atoms with Crippen LogP contribution < -0.4 is 0 Å². The van der Waals surface area contributed by atoms with Crippen LogP contribution in [0.1, 0.15) is 32.1 Å². The van der Waals surface area contributed by atoms with E-state index < -0.39 is 28.8 Å². The molecule has 2 rings (SSSR count). The Hall–Kier alpha value is -0.600. The third-order valence-corrected chi connectivity index (χ3v) is 5.64. The van der Waals surface area contributed by atoms with Gasteiger partial charge in [0.15, 0.2) is 0 Å². The first kappa shape index (κ1) is 17.7. The van der Waals surface area contributed by atoms with Crippen molar-refractivity contribution in [3.63, 3.8) is 0 Å². The molecule has 1 aliphatic heterocycles. The van der Waals surface area contributed by atoms with E-state index in [1.807, 2.05) is 0 Å². The van der Waals surface area contributed by atoms with Crippen molar-refractivity contribution in [1.29, 1.82) is 0 Å². The lowest BCUT2D eigenvalue weighted by molar-refractivity contribution is -0.140. The van der Waals surface area contributed by atoms with Gasteiger partial charge in [-0.1, -0.05) is 12.2 Å². The predicted octanol–water partition coefficient (Wildman–Crippen LogP) is 2.38. The Morgan fingerprint density at radius 3 is 2.32 bits per heavy atom. The molecule has 4 nitrogen and oxygen atoms in total. The van der Waals surface area contributed by atoms with Crippen LogP contribution in [0.2, 0.25) is 0 Å². The fraction of sp³-hybridized carbons (Fsp3) is 0.857. The Morgan fingerprint density at radius 1 is 1.23 bits per heavy atom. The van der Waals surface area contributed by atoms with Gasteiger partial charge >= 0.3 is 6.18 Å². The summed E-state index contributed by atoms with van der Waals surface area (Å²) >= 11 is 0. The molecule has 0 bridgehead atoms. The van der Waals surface area contributed by atoms with E-state index >= 15 is 0 Å². The minimum absolute atomic E-state index is 0.351. The number of sulfonamides is 1. The van der Waals surface area contributed by atoms with Gasteiger partial charge in [-0.15, -0.1) is 0 Å². The summed E-state index contributed by atoms with van der Waals surface area (Å²) in [6.45, 7) is -0.104. The summed E-state index contributed by atoms with van der Waals surface area (Å²) in [6.07, 6.45) is 4.84. The van der Waals surface area contributed by atoms with Gasteiger partial charge in [0.1, 0.15) is 6.54 Å². The maximum Gasteiger partial charge on any atom is 0.402 e. The number of likely N-dealkylation sites (tertiary alicyclic amines) is 1. The highest BCUT2D eigenvalue weighted by Gasteiger charge is 2.39. The molecule has 8 heteroatoms. The average Bonchev–Trinajstić information content (AvgIpc) is 2.44. The molecule has 1 atom stereocenters. The second-order valence-electron chi connectivity index (χ2n) is 6.12. The van der Waals surface area contributed by atoms with Crippen LogP contribution in [-0.2, 0) is 10.0 Å². The summed E-state index contributed by atoms with van der Waals surface area (Å²) in [5.41, 5.74) is 0. The highest BCUT2D eigenvalue weighted by atomic mass is 32.2. The number of allylic oxidation sites excluding steroid dienone is 1. The van der Waals surface area contributed by atoms with E-state index in [9.17, 15) is 21.6 Å². The fourth-order valence-electron chi connectivity index (χ4n) is 3.30. The number of piperidine rings is 1. The Bertz CT molecular complexity index is 497. The molecule has 0 aromatic rings. The molecule has 0 saturated carbocycles. The van der Waals surface area contributed by atoms with Crippen LogP contribution in [0.15, 0.2) is 12.2 Å². The Balaban J connectivity index is 1.98. The monoisotopic (exact) mass is 340 g/mol. The van der Waals surface area contributed by atoms with Crippen molar-refractivity contribution < 1.29 is 21.6 Å². The van der Waals surface area contributed by atoms with Gasteiger partial charge in [-0.25, -0.2) is 8.42 Å². The lowest BCUT2D eigenvalue weighted by atomic mass is 9.97. The molecule has 1 saturated heterocycles. The van der Waals surface area contributed by atoms with Gasteiger partial charge in [0.05, 0.1) is 6.26 Å². The standard InChI is InChI=1S/C14H23F3N2O2S/c1-22(20,21)19(11-14(15,16)17)13-7-9-18(10-8-13)12-5-3-2-4-6-12/h3,5,12-13H,2,4,6-11H2,1H3/t12-/m1/s1. The largest absolute Gasteiger partial charge is 0.402 e. The molecular weight excluding hydrogens is 317 g/mol. The first-order valence-electron chi connectivity index (χ1n) is 7.61. The Kier molecular flexibility index (Phi) is 5.55. The zero-order valence-corrected chi connectivity index (χ0v) is 13.5. The summed E-state index contributed by atoms with van der Waals surface area (Å²) in [5, 5.41) is 0. The van der Waals surface area contributed by atoms with E-state index in [0.717, 1.165) is 25.5 Å². The van der Waals surface area contributed by atoms with Crippen molar-refractivity contribution in [3.05, 3.63) is 12.2 Å². The number of hydrogen-bond acceptors (Lipinski definition) is 3. The van der Waals surface area contributed by atoms with Gasteiger partial charge < -0.3 is 0 Å². The van der Waals surface area contributed by atoms with Crippen molar-refractivity contribution >= 4 is 10.0 Å². The van der Waals surface area contributed by atoms with Gasteiger partial charge in [-0.3, -0.25) is 4.90 Å². The third kappa shape index (κ3) is 4.96. The van der Waals surface area contributed by atoms with Crippen molar-refractivity contribution in [3.8, 4) is 0 Å². The van der Waals surface area contributed by atoms with Crippen molar-refractivity contribution in [1.82, 2.24) is 9.21 Å². The molecule has 1 aliphatic carbocycles. The zero-order valence-electron chi connectivity index (χ0n) is 12.7. The first-order chi connectivity index (χ1) is 10.2. The van der Waals surface area contributed by atoms with Gasteiger partial charge in [-0.2, -0.15) is 17.5 Å². The Morgan fingerprint density at radius 2 is 1.86 bits per heavy atom. The Labute approximate surface area is 130 Å². The normalized spacial score (nSPS) is 25.8. The van der Waals surface area contributed by atoms with E-state index in [0.29, 0.717) is 36.3 Å². The van der Waals surface area contributed by atoms with Crippen LogP contribution in [0.25, 0.3) is 0 Å². The lowest BCUT2D eigenvalue weighted by Crippen LogP contribution is -2.51. The van der Waals surface area contributed by atoms with E-state index in [2.05, 4.69) is 17.1 Å². The summed E-state index contributed by atoms with van der Waals surface area (Å²) < 4.78 is 61.9. The van der Waals surface area contributed by atoms with Crippen molar-refractivity contribution in [2.75, 3.05) is 25.9 Å². The molecule has 0 radical (unpaired) electrons. The topological polar surface area (TPSA) is 40.6 Å². The van der Waals surface area contributed by atoms with Crippen LogP contribution in [0, 0.1) is 0 Å². The maximum absolute atomic E-state index is 12.6. The van der Waals surface area contributed by atoms with Crippen LogP contribution in [0.3, 0.4) is 0 Å². The minimum atomic E-state index is -4.51. The molecule has 0 aromatic carbocycles. The van der Waals surface area contributed by atoms with Crippen LogP contribution >= 0.6 is 0 Å². The van der Waals surface area contributed by atoms with Crippen LogP contribution in [0.5, 0.6) is 0 Å².